The van der Waals surface area contributed by atoms with Crippen molar-refractivity contribution in [1.29, 1.82) is 0 Å². The molecular formula is C16H24N2O3. The summed E-state index contributed by atoms with van der Waals surface area (Å²) in [6, 6.07) is 5.21. The molecule has 5 nitrogen and oxygen atoms in total. The van der Waals surface area contributed by atoms with Gasteiger partial charge in [-0.2, -0.15) is 0 Å². The lowest BCUT2D eigenvalue weighted by molar-refractivity contribution is -0.00156. The smallest absolute Gasteiger partial charge is 0.254 e. The van der Waals surface area contributed by atoms with Crippen molar-refractivity contribution < 1.29 is 14.3 Å². The molecule has 1 amide bonds. The van der Waals surface area contributed by atoms with Crippen LogP contribution in [-0.4, -0.2) is 43.7 Å². The fourth-order valence-electron chi connectivity index (χ4n) is 2.68. The summed E-state index contributed by atoms with van der Waals surface area (Å²) in [4.78, 5) is 14.4. The van der Waals surface area contributed by atoms with Gasteiger partial charge in [-0.3, -0.25) is 4.79 Å². The predicted molar refractivity (Wildman–Crippen MR) is 82.5 cm³/mol. The van der Waals surface area contributed by atoms with Crippen LogP contribution in [0.4, 0.5) is 5.69 Å². The van der Waals surface area contributed by atoms with Crippen LogP contribution in [0.1, 0.15) is 30.6 Å². The van der Waals surface area contributed by atoms with Gasteiger partial charge in [0.25, 0.3) is 5.91 Å². The molecule has 1 aromatic rings. The van der Waals surface area contributed by atoms with Crippen molar-refractivity contribution in [2.24, 2.45) is 5.92 Å². The maximum Gasteiger partial charge on any atom is 0.254 e. The van der Waals surface area contributed by atoms with Gasteiger partial charge in [0.1, 0.15) is 5.75 Å². The van der Waals surface area contributed by atoms with E-state index in [1.165, 1.54) is 0 Å². The van der Waals surface area contributed by atoms with Crippen molar-refractivity contribution in [3.05, 3.63) is 23.8 Å². The van der Waals surface area contributed by atoms with Crippen LogP contribution in [0, 0.1) is 5.92 Å². The zero-order valence-electron chi connectivity index (χ0n) is 13.0. The molecule has 5 heteroatoms. The molecule has 0 aromatic heterocycles. The van der Waals surface area contributed by atoms with Crippen LogP contribution in [0.15, 0.2) is 18.2 Å². The van der Waals surface area contributed by atoms with Crippen molar-refractivity contribution in [2.45, 2.75) is 26.4 Å². The molecule has 1 fully saturated rings. The molecule has 2 N–H and O–H groups in total. The van der Waals surface area contributed by atoms with Crippen LogP contribution < -0.4 is 10.5 Å². The van der Waals surface area contributed by atoms with Crippen LogP contribution in [0.3, 0.4) is 0 Å². The molecule has 2 unspecified atom stereocenters. The number of piperidine rings is 1. The molecule has 0 saturated carbocycles. The Morgan fingerprint density at radius 1 is 1.48 bits per heavy atom. The van der Waals surface area contributed by atoms with Crippen LogP contribution in [-0.2, 0) is 4.74 Å². The van der Waals surface area contributed by atoms with Gasteiger partial charge in [0.05, 0.1) is 18.4 Å². The number of nitrogen functional groups attached to an aromatic ring is 1. The highest BCUT2D eigenvalue weighted by Crippen LogP contribution is 2.25. The first-order valence-corrected chi connectivity index (χ1v) is 7.41. The van der Waals surface area contributed by atoms with Crippen LogP contribution in [0.25, 0.3) is 0 Å². The zero-order chi connectivity index (χ0) is 15.4. The summed E-state index contributed by atoms with van der Waals surface area (Å²) in [5.41, 5.74) is 7.02. The first-order chi connectivity index (χ1) is 10.1. The second-order valence-electron chi connectivity index (χ2n) is 5.48. The molecular weight excluding hydrogens is 268 g/mol. The summed E-state index contributed by atoms with van der Waals surface area (Å²) in [6.07, 6.45) is 1.05. The molecule has 0 bridgehead atoms. The largest absolute Gasteiger partial charge is 0.492 e. The van der Waals surface area contributed by atoms with E-state index in [4.69, 9.17) is 15.2 Å². The maximum atomic E-state index is 12.6. The van der Waals surface area contributed by atoms with Crippen LogP contribution in [0.2, 0.25) is 0 Å². The molecule has 1 aliphatic heterocycles. The number of nitrogens with zero attached hydrogens (tertiary/aromatic N) is 1. The van der Waals surface area contributed by atoms with Crippen molar-refractivity contribution >= 4 is 11.6 Å². The van der Waals surface area contributed by atoms with Gasteiger partial charge in [-0.1, -0.05) is 6.92 Å². The number of rotatable bonds is 4. The molecule has 0 spiro atoms. The van der Waals surface area contributed by atoms with Gasteiger partial charge in [-0.25, -0.2) is 0 Å². The number of benzene rings is 1. The van der Waals surface area contributed by atoms with Gasteiger partial charge in [-0.15, -0.1) is 0 Å². The Kier molecular flexibility index (Phi) is 5.07. The highest BCUT2D eigenvalue weighted by molar-refractivity contribution is 5.95. The average Bonchev–Trinajstić information content (AvgIpc) is 2.49. The normalized spacial score (nSPS) is 22.1. The molecule has 1 aliphatic rings. The minimum absolute atomic E-state index is 0.00121. The minimum Gasteiger partial charge on any atom is -0.492 e. The fourth-order valence-corrected chi connectivity index (χ4v) is 2.68. The van der Waals surface area contributed by atoms with Crippen LogP contribution in [0.5, 0.6) is 5.75 Å². The summed E-state index contributed by atoms with van der Waals surface area (Å²) in [5, 5.41) is 0. The number of methoxy groups -OCH3 is 1. The van der Waals surface area contributed by atoms with E-state index >= 15 is 0 Å². The van der Waals surface area contributed by atoms with E-state index in [9.17, 15) is 4.79 Å². The molecule has 2 atom stereocenters. The summed E-state index contributed by atoms with van der Waals surface area (Å²) >= 11 is 0. The third kappa shape index (κ3) is 3.47. The van der Waals surface area contributed by atoms with E-state index in [-0.39, 0.29) is 12.0 Å². The SMILES string of the molecule is CCOc1ccc(C(=O)N2CCC(C)C(OC)C2)cc1N. The summed E-state index contributed by atoms with van der Waals surface area (Å²) < 4.78 is 10.9. The second-order valence-corrected chi connectivity index (χ2v) is 5.48. The lowest BCUT2D eigenvalue weighted by Crippen LogP contribution is -2.46. The quantitative estimate of drug-likeness (QED) is 0.864. The standard InChI is InChI=1S/C16H24N2O3/c1-4-21-14-6-5-12(9-13(14)17)16(19)18-8-7-11(2)15(10-18)20-3/h5-6,9,11,15H,4,7-8,10,17H2,1-3H3. The Morgan fingerprint density at radius 2 is 2.24 bits per heavy atom. The number of ether oxygens (including phenoxy) is 2. The number of amides is 1. The van der Waals surface area contributed by atoms with Crippen molar-refractivity contribution in [1.82, 2.24) is 4.90 Å². The number of carbonyl (C=O) groups is 1. The number of nitrogens with two attached hydrogens (primary N) is 1. The molecule has 2 rings (SSSR count). The van der Waals surface area contributed by atoms with E-state index in [2.05, 4.69) is 6.92 Å². The molecule has 1 saturated heterocycles. The fraction of sp³-hybridized carbons (Fsp3) is 0.562. The first kappa shape index (κ1) is 15.6. The second kappa shape index (κ2) is 6.80. The molecule has 1 aromatic carbocycles. The number of likely N-dealkylation sites (tertiary alicyclic amines) is 1. The van der Waals surface area contributed by atoms with Gasteiger partial charge in [0.15, 0.2) is 0 Å². The highest BCUT2D eigenvalue weighted by Gasteiger charge is 2.29. The molecule has 116 valence electrons. The lowest BCUT2D eigenvalue weighted by Gasteiger charge is -2.36. The number of hydrogen-bond donors (Lipinski definition) is 1. The highest BCUT2D eigenvalue weighted by atomic mass is 16.5. The van der Waals surface area contributed by atoms with Crippen molar-refractivity contribution in [2.75, 3.05) is 32.5 Å². The molecule has 1 heterocycles. The number of hydrogen-bond acceptors (Lipinski definition) is 4. The average molecular weight is 292 g/mol. The van der Waals surface area contributed by atoms with Gasteiger partial charge in [-0.05, 0) is 37.5 Å². The molecule has 0 aliphatic carbocycles. The van der Waals surface area contributed by atoms with Crippen molar-refractivity contribution in [3.63, 3.8) is 0 Å². The predicted octanol–water partition coefficient (Wildman–Crippen LogP) is 2.16. The third-order valence-electron chi connectivity index (χ3n) is 4.04. The Bertz CT molecular complexity index is 504. The minimum atomic E-state index is -0.00121. The van der Waals surface area contributed by atoms with E-state index in [1.54, 1.807) is 25.3 Å². The number of carbonyl (C=O) groups excluding carboxylic acids is 1. The zero-order valence-corrected chi connectivity index (χ0v) is 13.0. The Morgan fingerprint density at radius 3 is 2.86 bits per heavy atom. The van der Waals surface area contributed by atoms with E-state index in [0.717, 1.165) is 13.0 Å². The van der Waals surface area contributed by atoms with E-state index < -0.39 is 0 Å². The van der Waals surface area contributed by atoms with Crippen molar-refractivity contribution in [3.8, 4) is 5.75 Å². The van der Waals surface area contributed by atoms with Gasteiger partial charge in [0.2, 0.25) is 0 Å². The van der Waals surface area contributed by atoms with Gasteiger partial charge >= 0.3 is 0 Å². The van der Waals surface area contributed by atoms with E-state index in [1.807, 2.05) is 11.8 Å². The summed E-state index contributed by atoms with van der Waals surface area (Å²) in [6.45, 7) is 6.00. The van der Waals surface area contributed by atoms with Gasteiger partial charge < -0.3 is 20.1 Å². The third-order valence-corrected chi connectivity index (χ3v) is 4.04. The Hall–Kier alpha value is -1.75. The number of anilines is 1. The molecule has 21 heavy (non-hydrogen) atoms. The van der Waals surface area contributed by atoms with Gasteiger partial charge in [0, 0.05) is 25.8 Å². The van der Waals surface area contributed by atoms with E-state index in [0.29, 0.717) is 36.1 Å². The summed E-state index contributed by atoms with van der Waals surface area (Å²) in [5.74, 6) is 1.10. The lowest BCUT2D eigenvalue weighted by atomic mass is 9.95. The topological polar surface area (TPSA) is 64.8 Å². The molecule has 0 radical (unpaired) electrons. The first-order valence-electron chi connectivity index (χ1n) is 7.41. The maximum absolute atomic E-state index is 12.6. The monoisotopic (exact) mass is 292 g/mol. The van der Waals surface area contributed by atoms with Crippen LogP contribution >= 0.6 is 0 Å². The Labute approximate surface area is 126 Å². The Balaban J connectivity index is 2.11. The summed E-state index contributed by atoms with van der Waals surface area (Å²) in [7, 11) is 1.70.